The van der Waals surface area contributed by atoms with Crippen LogP contribution in [0.2, 0.25) is 0 Å². The van der Waals surface area contributed by atoms with Crippen LogP contribution in [-0.4, -0.2) is 37.1 Å². The van der Waals surface area contributed by atoms with Crippen LogP contribution in [-0.2, 0) is 0 Å². The third-order valence-electron chi connectivity index (χ3n) is 4.24. The second kappa shape index (κ2) is 4.06. The molecule has 88 valence electrons. The van der Waals surface area contributed by atoms with Gasteiger partial charge >= 0.3 is 0 Å². The van der Waals surface area contributed by atoms with E-state index < -0.39 is 0 Å². The van der Waals surface area contributed by atoms with Gasteiger partial charge in [-0.25, -0.2) is 0 Å². The van der Waals surface area contributed by atoms with Gasteiger partial charge in [0.05, 0.1) is 0 Å². The summed E-state index contributed by atoms with van der Waals surface area (Å²) >= 11 is 0. The first-order valence-electron chi connectivity index (χ1n) is 6.41. The maximum atomic E-state index is 3.82. The van der Waals surface area contributed by atoms with E-state index in [1.165, 1.54) is 25.7 Å². The maximum Gasteiger partial charge on any atom is 0.0271 e. The highest BCUT2D eigenvalue weighted by Crippen LogP contribution is 2.44. The predicted octanol–water partition coefficient (Wildman–Crippen LogP) is 2.10. The molecule has 0 aromatic heterocycles. The highest BCUT2D eigenvalue weighted by molar-refractivity contribution is 4.97. The van der Waals surface area contributed by atoms with Crippen LogP contribution < -0.4 is 5.32 Å². The van der Waals surface area contributed by atoms with E-state index in [4.69, 9.17) is 0 Å². The predicted molar refractivity (Wildman–Crippen MR) is 65.0 cm³/mol. The summed E-state index contributed by atoms with van der Waals surface area (Å²) in [6.45, 7) is 5.76. The van der Waals surface area contributed by atoms with Crippen molar-refractivity contribution in [3.05, 3.63) is 0 Å². The molecule has 1 N–H and O–H groups in total. The number of hydrogen-bond acceptors (Lipinski definition) is 2. The van der Waals surface area contributed by atoms with Gasteiger partial charge in [0, 0.05) is 18.1 Å². The highest BCUT2D eigenvalue weighted by atomic mass is 15.2. The van der Waals surface area contributed by atoms with Crippen molar-refractivity contribution in [1.29, 1.82) is 0 Å². The molecule has 0 unspecified atom stereocenters. The summed E-state index contributed by atoms with van der Waals surface area (Å²) in [4.78, 5) is 2.32. The lowest BCUT2D eigenvalue weighted by Gasteiger charge is -2.34. The minimum atomic E-state index is 0.280. The maximum absolute atomic E-state index is 3.82. The number of hydrogen-bond donors (Lipinski definition) is 1. The summed E-state index contributed by atoms with van der Waals surface area (Å²) < 4.78 is 0. The number of rotatable bonds is 6. The molecule has 2 fully saturated rings. The molecular formula is C13H26N2. The Morgan fingerprint density at radius 1 is 1.13 bits per heavy atom. The molecule has 0 amide bonds. The normalized spacial score (nSPS) is 22.8. The SMILES string of the molecule is CN(C)C(C)(C)CNC(C1CC1)C1CC1. The second-order valence-corrected chi connectivity index (χ2v) is 6.29. The van der Waals surface area contributed by atoms with Crippen molar-refractivity contribution < 1.29 is 0 Å². The molecule has 0 bridgehead atoms. The summed E-state index contributed by atoms with van der Waals surface area (Å²) in [5.41, 5.74) is 0.280. The number of likely N-dealkylation sites (N-methyl/N-ethyl adjacent to an activating group) is 1. The monoisotopic (exact) mass is 210 g/mol. The fourth-order valence-corrected chi connectivity index (χ4v) is 2.15. The molecule has 2 rings (SSSR count). The molecule has 0 radical (unpaired) electrons. The van der Waals surface area contributed by atoms with Crippen molar-refractivity contribution >= 4 is 0 Å². The van der Waals surface area contributed by atoms with E-state index in [-0.39, 0.29) is 5.54 Å². The van der Waals surface area contributed by atoms with Crippen molar-refractivity contribution in [2.24, 2.45) is 11.8 Å². The Morgan fingerprint density at radius 2 is 1.60 bits per heavy atom. The quantitative estimate of drug-likeness (QED) is 0.722. The van der Waals surface area contributed by atoms with Crippen molar-refractivity contribution in [2.75, 3.05) is 20.6 Å². The highest BCUT2D eigenvalue weighted by Gasteiger charge is 2.41. The van der Waals surface area contributed by atoms with E-state index in [0.29, 0.717) is 0 Å². The van der Waals surface area contributed by atoms with E-state index in [9.17, 15) is 0 Å². The molecular weight excluding hydrogens is 184 g/mol. The molecule has 0 spiro atoms. The van der Waals surface area contributed by atoms with Gasteiger partial charge in [0.25, 0.3) is 0 Å². The minimum absolute atomic E-state index is 0.280. The standard InChI is InChI=1S/C13H26N2/c1-13(2,15(3)4)9-14-12(10-5-6-10)11-7-8-11/h10-12,14H,5-9H2,1-4H3. The lowest BCUT2D eigenvalue weighted by molar-refractivity contribution is 0.179. The largest absolute Gasteiger partial charge is 0.312 e. The van der Waals surface area contributed by atoms with Gasteiger partial charge in [0.2, 0.25) is 0 Å². The van der Waals surface area contributed by atoms with Crippen LogP contribution in [0.1, 0.15) is 39.5 Å². The van der Waals surface area contributed by atoms with Crippen LogP contribution in [0.5, 0.6) is 0 Å². The van der Waals surface area contributed by atoms with Gasteiger partial charge in [0.15, 0.2) is 0 Å². The Bertz CT molecular complexity index is 203. The molecule has 0 aromatic carbocycles. The van der Waals surface area contributed by atoms with Crippen molar-refractivity contribution in [1.82, 2.24) is 10.2 Å². The fraction of sp³-hybridized carbons (Fsp3) is 1.00. The van der Waals surface area contributed by atoms with Gasteiger partial charge in [-0.3, -0.25) is 0 Å². The van der Waals surface area contributed by atoms with Crippen LogP contribution in [0.15, 0.2) is 0 Å². The average Bonchev–Trinajstić information content (AvgIpc) is 2.99. The molecule has 0 aromatic rings. The molecule has 2 aliphatic rings. The lowest BCUT2D eigenvalue weighted by atomic mass is 10.0. The van der Waals surface area contributed by atoms with Gasteiger partial charge in [-0.1, -0.05) is 0 Å². The van der Waals surface area contributed by atoms with Crippen LogP contribution in [0, 0.1) is 11.8 Å². The van der Waals surface area contributed by atoms with Gasteiger partial charge in [0.1, 0.15) is 0 Å². The molecule has 0 saturated heterocycles. The first-order valence-corrected chi connectivity index (χ1v) is 6.41. The zero-order chi connectivity index (χ0) is 11.1. The van der Waals surface area contributed by atoms with Gasteiger partial charge in [-0.15, -0.1) is 0 Å². The van der Waals surface area contributed by atoms with Gasteiger partial charge in [-0.2, -0.15) is 0 Å². The molecule has 2 heteroatoms. The summed E-state index contributed by atoms with van der Waals surface area (Å²) in [7, 11) is 4.34. The molecule has 15 heavy (non-hydrogen) atoms. The van der Waals surface area contributed by atoms with Crippen molar-refractivity contribution in [3.8, 4) is 0 Å². The van der Waals surface area contributed by atoms with Crippen molar-refractivity contribution in [2.45, 2.75) is 51.1 Å². The lowest BCUT2D eigenvalue weighted by Crippen LogP contribution is -2.50. The summed E-state index contributed by atoms with van der Waals surface area (Å²) in [6, 6.07) is 0.837. The molecule has 0 aliphatic heterocycles. The smallest absolute Gasteiger partial charge is 0.0271 e. The zero-order valence-electron chi connectivity index (χ0n) is 10.7. The molecule has 0 atom stereocenters. The zero-order valence-corrected chi connectivity index (χ0v) is 10.7. The first-order chi connectivity index (χ1) is 7.00. The van der Waals surface area contributed by atoms with E-state index in [0.717, 1.165) is 24.4 Å². The Morgan fingerprint density at radius 3 is 1.93 bits per heavy atom. The average molecular weight is 210 g/mol. The summed E-state index contributed by atoms with van der Waals surface area (Å²) in [5.74, 6) is 2.02. The Hall–Kier alpha value is -0.0800. The second-order valence-electron chi connectivity index (χ2n) is 6.29. The summed E-state index contributed by atoms with van der Waals surface area (Å²) in [6.07, 6.45) is 5.88. The van der Waals surface area contributed by atoms with Gasteiger partial charge < -0.3 is 10.2 Å². The third kappa shape index (κ3) is 2.94. The molecule has 2 saturated carbocycles. The van der Waals surface area contributed by atoms with E-state index >= 15 is 0 Å². The Kier molecular flexibility index (Phi) is 3.09. The summed E-state index contributed by atoms with van der Waals surface area (Å²) in [5, 5.41) is 3.82. The van der Waals surface area contributed by atoms with Crippen LogP contribution in [0.4, 0.5) is 0 Å². The number of nitrogens with one attached hydrogen (secondary N) is 1. The fourth-order valence-electron chi connectivity index (χ4n) is 2.15. The van der Waals surface area contributed by atoms with Crippen molar-refractivity contribution in [3.63, 3.8) is 0 Å². The Labute approximate surface area is 94.4 Å². The van der Waals surface area contributed by atoms with Crippen LogP contribution in [0.25, 0.3) is 0 Å². The van der Waals surface area contributed by atoms with Crippen LogP contribution >= 0.6 is 0 Å². The molecule has 2 aliphatic carbocycles. The molecule has 2 nitrogen and oxygen atoms in total. The van der Waals surface area contributed by atoms with Crippen LogP contribution in [0.3, 0.4) is 0 Å². The minimum Gasteiger partial charge on any atom is -0.312 e. The van der Waals surface area contributed by atoms with E-state index in [1.54, 1.807) is 0 Å². The van der Waals surface area contributed by atoms with E-state index in [1.807, 2.05) is 0 Å². The van der Waals surface area contributed by atoms with E-state index in [2.05, 4.69) is 38.2 Å². The topological polar surface area (TPSA) is 15.3 Å². The van der Waals surface area contributed by atoms with Gasteiger partial charge in [-0.05, 0) is 65.5 Å². The Balaban J connectivity index is 1.79. The molecule has 0 heterocycles. The number of nitrogens with zero attached hydrogens (tertiary/aromatic N) is 1. The third-order valence-corrected chi connectivity index (χ3v) is 4.24. The first kappa shape index (κ1) is 11.4.